The van der Waals surface area contributed by atoms with E-state index in [2.05, 4.69) is 0 Å². The van der Waals surface area contributed by atoms with Gasteiger partial charge in [0.15, 0.2) is 16.3 Å². The molecular weight excluding hydrogens is 520 g/mol. The number of aryl methyl sites for hydroxylation is 1. The van der Waals surface area contributed by atoms with Crippen molar-refractivity contribution in [2.45, 2.75) is 19.9 Å². The minimum absolute atomic E-state index is 0.186. The lowest BCUT2D eigenvalue weighted by Crippen LogP contribution is -2.40. The number of thiophene rings is 1. The molecule has 0 saturated carbocycles. The summed E-state index contributed by atoms with van der Waals surface area (Å²) < 4.78 is 18.6. The van der Waals surface area contributed by atoms with Gasteiger partial charge in [-0.15, -0.1) is 11.3 Å². The van der Waals surface area contributed by atoms with Gasteiger partial charge in [0.2, 0.25) is 0 Å². The van der Waals surface area contributed by atoms with Gasteiger partial charge in [0, 0.05) is 10.4 Å². The van der Waals surface area contributed by atoms with E-state index in [1.165, 1.54) is 11.3 Å². The molecule has 3 heterocycles. The van der Waals surface area contributed by atoms with Crippen LogP contribution < -0.4 is 24.4 Å². The van der Waals surface area contributed by atoms with Crippen LogP contribution in [-0.2, 0) is 9.53 Å². The normalized spacial score (nSPS) is 15.2. The van der Waals surface area contributed by atoms with Crippen LogP contribution in [-0.4, -0.2) is 31.4 Å². The van der Waals surface area contributed by atoms with Crippen molar-refractivity contribution < 1.29 is 19.0 Å². The molecular formula is C29H26N2O5S2. The second-order valence-electron chi connectivity index (χ2n) is 8.51. The zero-order valence-electron chi connectivity index (χ0n) is 21.4. The molecule has 0 unspecified atom stereocenters. The first kappa shape index (κ1) is 25.7. The lowest BCUT2D eigenvalue weighted by atomic mass is 9.93. The number of fused-ring (bicyclic) bond motifs is 1. The molecule has 38 heavy (non-hydrogen) atoms. The summed E-state index contributed by atoms with van der Waals surface area (Å²) in [6.07, 6.45) is 1.89. The molecule has 2 aromatic heterocycles. The molecule has 0 amide bonds. The number of carbonyl (C=O) groups is 1. The van der Waals surface area contributed by atoms with E-state index >= 15 is 0 Å². The van der Waals surface area contributed by atoms with Crippen LogP contribution in [0.3, 0.4) is 0 Å². The number of benzene rings is 2. The Morgan fingerprint density at radius 3 is 2.50 bits per heavy atom. The van der Waals surface area contributed by atoms with Crippen molar-refractivity contribution in [1.29, 1.82) is 0 Å². The largest absolute Gasteiger partial charge is 0.493 e. The van der Waals surface area contributed by atoms with Crippen molar-refractivity contribution in [3.8, 4) is 11.5 Å². The van der Waals surface area contributed by atoms with Crippen molar-refractivity contribution >= 4 is 40.4 Å². The highest BCUT2D eigenvalue weighted by Gasteiger charge is 2.35. The zero-order chi connectivity index (χ0) is 26.8. The summed E-state index contributed by atoms with van der Waals surface area (Å²) in [6.45, 7) is 3.95. The maximum atomic E-state index is 13.9. The molecule has 5 rings (SSSR count). The molecule has 0 radical (unpaired) electrons. The summed E-state index contributed by atoms with van der Waals surface area (Å²) in [5, 5.41) is 2.00. The summed E-state index contributed by atoms with van der Waals surface area (Å²) in [6, 6.07) is 16.1. The maximum absolute atomic E-state index is 13.9. The van der Waals surface area contributed by atoms with E-state index in [0.29, 0.717) is 32.1 Å². The number of hydrogen-bond acceptors (Lipinski definition) is 8. The van der Waals surface area contributed by atoms with Gasteiger partial charge < -0.3 is 14.2 Å². The Bertz CT molecular complexity index is 1710. The monoisotopic (exact) mass is 546 g/mol. The minimum Gasteiger partial charge on any atom is -0.493 e. The number of ether oxygens (including phenoxy) is 3. The summed E-state index contributed by atoms with van der Waals surface area (Å²) in [5.41, 5.74) is 3.06. The minimum atomic E-state index is -0.785. The maximum Gasteiger partial charge on any atom is 0.338 e. The molecule has 0 saturated heterocycles. The molecule has 4 aromatic rings. The SMILES string of the molecule is CCOC(=O)C1=C(c2ccccc2)N=c2s/c(=C\c3sccc3C)c(=O)n2[C@H]1c1ccc(OC)c(OC)c1. The molecule has 1 aliphatic rings. The predicted octanol–water partition coefficient (Wildman–Crippen LogP) is 4.32. The molecule has 7 nitrogen and oxygen atoms in total. The molecule has 0 fully saturated rings. The molecule has 9 heteroatoms. The summed E-state index contributed by atoms with van der Waals surface area (Å²) in [7, 11) is 3.11. The van der Waals surface area contributed by atoms with Gasteiger partial charge in [-0.3, -0.25) is 9.36 Å². The molecule has 194 valence electrons. The first-order valence-corrected chi connectivity index (χ1v) is 13.7. The third-order valence-electron chi connectivity index (χ3n) is 6.26. The van der Waals surface area contributed by atoms with E-state index in [1.807, 2.05) is 60.8 Å². The van der Waals surface area contributed by atoms with E-state index in [9.17, 15) is 9.59 Å². The molecule has 0 spiro atoms. The van der Waals surface area contributed by atoms with Crippen molar-refractivity contribution in [3.63, 3.8) is 0 Å². The number of esters is 1. The Morgan fingerprint density at radius 2 is 1.84 bits per heavy atom. The molecule has 2 aromatic carbocycles. The second kappa shape index (κ2) is 10.8. The fraction of sp³-hybridized carbons (Fsp3) is 0.207. The van der Waals surface area contributed by atoms with Gasteiger partial charge in [-0.05, 0) is 54.6 Å². The van der Waals surface area contributed by atoms with Crippen LogP contribution in [0.2, 0.25) is 0 Å². The smallest absolute Gasteiger partial charge is 0.338 e. The summed E-state index contributed by atoms with van der Waals surface area (Å²) in [4.78, 5) is 33.9. The number of nitrogens with zero attached hydrogens (tertiary/aromatic N) is 2. The van der Waals surface area contributed by atoms with E-state index in [1.54, 1.807) is 49.2 Å². The predicted molar refractivity (Wildman–Crippen MR) is 150 cm³/mol. The third-order valence-corrected chi connectivity index (χ3v) is 8.21. The Labute approximate surface area is 227 Å². The third kappa shape index (κ3) is 4.59. The standard InChI is InChI=1S/C29H26N2O5S2/c1-5-36-28(33)24-25(18-9-7-6-8-10-18)30-29-31(26(24)19-11-12-20(34-3)21(15-19)35-4)27(32)23(38-29)16-22-17(2)13-14-37-22/h6-16,26H,5H2,1-4H3/b23-16-/t26-/m0/s1. The Morgan fingerprint density at radius 1 is 1.08 bits per heavy atom. The van der Waals surface area contributed by atoms with E-state index in [-0.39, 0.29) is 17.7 Å². The highest BCUT2D eigenvalue weighted by Crippen LogP contribution is 2.38. The lowest BCUT2D eigenvalue weighted by molar-refractivity contribution is -0.138. The average molecular weight is 547 g/mol. The van der Waals surface area contributed by atoms with Crippen LogP contribution >= 0.6 is 22.7 Å². The first-order valence-electron chi connectivity index (χ1n) is 12.0. The van der Waals surface area contributed by atoms with Crippen molar-refractivity contribution in [2.75, 3.05) is 20.8 Å². The fourth-order valence-corrected chi connectivity index (χ4v) is 6.35. The number of methoxy groups -OCH3 is 2. The van der Waals surface area contributed by atoms with Gasteiger partial charge in [0.05, 0.1) is 42.7 Å². The Hall–Kier alpha value is -3.95. The van der Waals surface area contributed by atoms with Gasteiger partial charge in [0.25, 0.3) is 5.56 Å². The number of carbonyl (C=O) groups excluding carboxylic acids is 1. The zero-order valence-corrected chi connectivity index (χ0v) is 23.0. The lowest BCUT2D eigenvalue weighted by Gasteiger charge is -2.26. The van der Waals surface area contributed by atoms with Gasteiger partial charge in [-0.25, -0.2) is 9.79 Å². The van der Waals surface area contributed by atoms with Crippen LogP contribution in [0.25, 0.3) is 11.8 Å². The Kier molecular flexibility index (Phi) is 7.31. The van der Waals surface area contributed by atoms with Crippen LogP contribution in [0.1, 0.15) is 34.5 Å². The second-order valence-corrected chi connectivity index (χ2v) is 10.5. The van der Waals surface area contributed by atoms with Crippen LogP contribution in [0, 0.1) is 6.92 Å². The van der Waals surface area contributed by atoms with Gasteiger partial charge in [0.1, 0.15) is 0 Å². The highest BCUT2D eigenvalue weighted by molar-refractivity contribution is 7.11. The quantitative estimate of drug-likeness (QED) is 0.323. The number of rotatable bonds is 7. The summed E-state index contributed by atoms with van der Waals surface area (Å²) in [5.74, 6) is 0.503. The van der Waals surface area contributed by atoms with Crippen LogP contribution in [0.4, 0.5) is 0 Å². The van der Waals surface area contributed by atoms with E-state index < -0.39 is 12.0 Å². The van der Waals surface area contributed by atoms with Crippen molar-refractivity contribution in [2.24, 2.45) is 4.99 Å². The number of aromatic nitrogens is 1. The number of thiazole rings is 1. The van der Waals surface area contributed by atoms with Gasteiger partial charge in [-0.1, -0.05) is 47.7 Å². The first-order chi connectivity index (χ1) is 18.5. The molecule has 1 aliphatic heterocycles. The highest BCUT2D eigenvalue weighted by atomic mass is 32.1. The van der Waals surface area contributed by atoms with Gasteiger partial charge in [-0.2, -0.15) is 0 Å². The molecule has 1 atom stereocenters. The van der Waals surface area contributed by atoms with Gasteiger partial charge >= 0.3 is 5.97 Å². The molecule has 0 aliphatic carbocycles. The topological polar surface area (TPSA) is 79.1 Å². The molecule has 0 bridgehead atoms. The van der Waals surface area contributed by atoms with Crippen LogP contribution in [0.15, 0.2) is 75.3 Å². The van der Waals surface area contributed by atoms with Crippen molar-refractivity contribution in [1.82, 2.24) is 4.57 Å². The van der Waals surface area contributed by atoms with E-state index in [4.69, 9.17) is 19.2 Å². The van der Waals surface area contributed by atoms with Crippen molar-refractivity contribution in [3.05, 3.63) is 107 Å². The number of hydrogen-bond donors (Lipinski definition) is 0. The fourth-order valence-electron chi connectivity index (χ4n) is 4.43. The Balaban J connectivity index is 1.86. The van der Waals surface area contributed by atoms with Crippen LogP contribution in [0.5, 0.6) is 11.5 Å². The molecule has 0 N–H and O–H groups in total. The summed E-state index contributed by atoms with van der Waals surface area (Å²) >= 11 is 2.88. The van der Waals surface area contributed by atoms with E-state index in [0.717, 1.165) is 16.0 Å². The average Bonchev–Trinajstić information content (AvgIpc) is 3.49.